The maximum Gasteiger partial charge on any atom is 0.0594 e. The Balaban J connectivity index is 1.58. The fourth-order valence-corrected chi connectivity index (χ4v) is 3.43. The summed E-state index contributed by atoms with van der Waals surface area (Å²) in [5.74, 6) is 0.849. The molecule has 1 fully saturated rings. The molecule has 1 saturated carbocycles. The molecule has 3 unspecified atom stereocenters. The number of nitrogens with one attached hydrogen (secondary N) is 1. The minimum absolute atomic E-state index is 0.443. The molecular formula is C15H25NOS. The third kappa shape index (κ3) is 4.38. The third-order valence-corrected chi connectivity index (χ3v) is 4.82. The minimum Gasteiger partial charge on any atom is -0.377 e. The predicted molar refractivity (Wildman–Crippen MR) is 78.1 cm³/mol. The van der Waals surface area contributed by atoms with Gasteiger partial charge >= 0.3 is 0 Å². The zero-order chi connectivity index (χ0) is 12.8. The van der Waals surface area contributed by atoms with Crippen LogP contribution in [-0.4, -0.2) is 19.3 Å². The van der Waals surface area contributed by atoms with Crippen molar-refractivity contribution in [1.29, 1.82) is 0 Å². The number of hydrogen-bond donors (Lipinski definition) is 1. The van der Waals surface area contributed by atoms with Crippen molar-refractivity contribution in [3.8, 4) is 0 Å². The highest BCUT2D eigenvalue weighted by Crippen LogP contribution is 2.25. The molecule has 18 heavy (non-hydrogen) atoms. The number of thiophene rings is 1. The highest BCUT2D eigenvalue weighted by molar-refractivity contribution is 7.10. The van der Waals surface area contributed by atoms with Crippen LogP contribution in [0.5, 0.6) is 0 Å². The van der Waals surface area contributed by atoms with E-state index in [4.69, 9.17) is 4.74 Å². The van der Waals surface area contributed by atoms with Crippen molar-refractivity contribution in [1.82, 2.24) is 5.32 Å². The lowest BCUT2D eigenvalue weighted by atomic mass is 9.89. The van der Waals surface area contributed by atoms with Crippen LogP contribution in [0.1, 0.15) is 50.4 Å². The lowest BCUT2D eigenvalue weighted by Gasteiger charge is -2.27. The van der Waals surface area contributed by atoms with E-state index in [9.17, 15) is 0 Å². The largest absolute Gasteiger partial charge is 0.377 e. The van der Waals surface area contributed by atoms with Crippen LogP contribution in [0.25, 0.3) is 0 Å². The summed E-state index contributed by atoms with van der Waals surface area (Å²) in [6, 6.07) is 4.74. The molecule has 1 heterocycles. The quantitative estimate of drug-likeness (QED) is 0.787. The molecular weight excluding hydrogens is 242 g/mol. The first-order valence-electron chi connectivity index (χ1n) is 7.14. The SMILES string of the molecule is CC1CCCC(OCCNC(C)c2cccs2)C1. The summed E-state index contributed by atoms with van der Waals surface area (Å²) in [7, 11) is 0. The van der Waals surface area contributed by atoms with Crippen molar-refractivity contribution < 1.29 is 4.74 Å². The molecule has 1 aromatic heterocycles. The van der Waals surface area contributed by atoms with E-state index >= 15 is 0 Å². The maximum absolute atomic E-state index is 5.96. The average Bonchev–Trinajstić information content (AvgIpc) is 2.88. The molecule has 1 aliphatic rings. The summed E-state index contributed by atoms with van der Waals surface area (Å²) in [5.41, 5.74) is 0. The van der Waals surface area contributed by atoms with E-state index < -0.39 is 0 Å². The van der Waals surface area contributed by atoms with Crippen LogP contribution in [0.15, 0.2) is 17.5 Å². The van der Waals surface area contributed by atoms with E-state index in [0.717, 1.165) is 19.1 Å². The summed E-state index contributed by atoms with van der Waals surface area (Å²) >= 11 is 1.81. The Morgan fingerprint density at radius 2 is 2.39 bits per heavy atom. The second kappa shape index (κ2) is 7.27. The number of rotatable bonds is 6. The first-order valence-corrected chi connectivity index (χ1v) is 8.02. The molecule has 2 nitrogen and oxygen atoms in total. The third-order valence-electron chi connectivity index (χ3n) is 3.76. The second-order valence-corrected chi connectivity index (χ2v) is 6.44. The zero-order valence-electron chi connectivity index (χ0n) is 11.5. The lowest BCUT2D eigenvalue weighted by molar-refractivity contribution is 0.0167. The minimum atomic E-state index is 0.443. The van der Waals surface area contributed by atoms with Gasteiger partial charge in [0, 0.05) is 17.5 Å². The fraction of sp³-hybridized carbons (Fsp3) is 0.733. The van der Waals surface area contributed by atoms with Gasteiger partial charge in [-0.05, 0) is 37.1 Å². The van der Waals surface area contributed by atoms with Crippen LogP contribution < -0.4 is 5.32 Å². The van der Waals surface area contributed by atoms with Gasteiger partial charge in [0.05, 0.1) is 12.7 Å². The Hall–Kier alpha value is -0.380. The van der Waals surface area contributed by atoms with E-state index in [1.165, 1.54) is 30.6 Å². The fourth-order valence-electron chi connectivity index (χ4n) is 2.67. The summed E-state index contributed by atoms with van der Waals surface area (Å²) in [6.45, 7) is 6.35. The molecule has 0 aliphatic heterocycles. The summed E-state index contributed by atoms with van der Waals surface area (Å²) in [5, 5.41) is 5.65. The maximum atomic E-state index is 5.96. The van der Waals surface area contributed by atoms with Gasteiger partial charge in [-0.3, -0.25) is 0 Å². The van der Waals surface area contributed by atoms with Gasteiger partial charge in [-0.2, -0.15) is 0 Å². The van der Waals surface area contributed by atoms with Crippen molar-refractivity contribution in [2.24, 2.45) is 5.92 Å². The summed E-state index contributed by atoms with van der Waals surface area (Å²) in [6.07, 6.45) is 5.73. The molecule has 1 aromatic rings. The van der Waals surface area contributed by atoms with Gasteiger partial charge in [0.25, 0.3) is 0 Å². The van der Waals surface area contributed by atoms with Crippen LogP contribution in [0.3, 0.4) is 0 Å². The first-order chi connectivity index (χ1) is 8.75. The molecule has 0 radical (unpaired) electrons. The van der Waals surface area contributed by atoms with Gasteiger partial charge in [-0.25, -0.2) is 0 Å². The smallest absolute Gasteiger partial charge is 0.0594 e. The van der Waals surface area contributed by atoms with Gasteiger partial charge < -0.3 is 10.1 Å². The Bertz CT molecular complexity index is 325. The van der Waals surface area contributed by atoms with Crippen LogP contribution in [-0.2, 0) is 4.74 Å². The van der Waals surface area contributed by atoms with Crippen LogP contribution in [0, 0.1) is 5.92 Å². The van der Waals surface area contributed by atoms with E-state index in [1.54, 1.807) is 0 Å². The Morgan fingerprint density at radius 3 is 3.11 bits per heavy atom. The predicted octanol–water partition coefficient (Wildman–Crippen LogP) is 3.99. The monoisotopic (exact) mass is 267 g/mol. The Labute approximate surface area is 115 Å². The van der Waals surface area contributed by atoms with E-state index in [2.05, 4.69) is 36.7 Å². The van der Waals surface area contributed by atoms with Crippen molar-refractivity contribution in [2.45, 2.75) is 51.7 Å². The topological polar surface area (TPSA) is 21.3 Å². The molecule has 3 atom stereocenters. The lowest BCUT2D eigenvalue weighted by Crippen LogP contribution is -2.27. The summed E-state index contributed by atoms with van der Waals surface area (Å²) < 4.78 is 5.96. The molecule has 0 aromatic carbocycles. The Morgan fingerprint density at radius 1 is 1.50 bits per heavy atom. The summed E-state index contributed by atoms with van der Waals surface area (Å²) in [4.78, 5) is 1.40. The number of hydrogen-bond acceptors (Lipinski definition) is 3. The normalized spacial score (nSPS) is 26.1. The second-order valence-electron chi connectivity index (χ2n) is 5.46. The highest BCUT2D eigenvalue weighted by Gasteiger charge is 2.18. The van der Waals surface area contributed by atoms with Crippen LogP contribution >= 0.6 is 11.3 Å². The van der Waals surface area contributed by atoms with Gasteiger partial charge in [0.15, 0.2) is 0 Å². The zero-order valence-corrected chi connectivity index (χ0v) is 12.3. The Kier molecular flexibility index (Phi) is 5.67. The first kappa shape index (κ1) is 14.0. The van der Waals surface area contributed by atoms with Crippen molar-refractivity contribution in [3.05, 3.63) is 22.4 Å². The molecule has 3 heteroatoms. The molecule has 1 aliphatic carbocycles. The van der Waals surface area contributed by atoms with E-state index in [-0.39, 0.29) is 0 Å². The molecule has 0 spiro atoms. The molecule has 1 N–H and O–H groups in total. The average molecular weight is 267 g/mol. The van der Waals surface area contributed by atoms with Crippen molar-refractivity contribution in [3.63, 3.8) is 0 Å². The molecule has 0 saturated heterocycles. The molecule has 0 amide bonds. The molecule has 2 rings (SSSR count). The number of ether oxygens (including phenoxy) is 1. The van der Waals surface area contributed by atoms with Gasteiger partial charge in [-0.15, -0.1) is 11.3 Å². The van der Waals surface area contributed by atoms with Gasteiger partial charge in [0.2, 0.25) is 0 Å². The van der Waals surface area contributed by atoms with Crippen molar-refractivity contribution >= 4 is 11.3 Å². The molecule has 102 valence electrons. The van der Waals surface area contributed by atoms with Crippen LogP contribution in [0.4, 0.5) is 0 Å². The van der Waals surface area contributed by atoms with E-state index in [1.807, 2.05) is 11.3 Å². The van der Waals surface area contributed by atoms with Gasteiger partial charge in [0.1, 0.15) is 0 Å². The van der Waals surface area contributed by atoms with Crippen LogP contribution in [0.2, 0.25) is 0 Å². The van der Waals surface area contributed by atoms with E-state index in [0.29, 0.717) is 12.1 Å². The van der Waals surface area contributed by atoms with Gasteiger partial charge in [-0.1, -0.05) is 25.8 Å². The van der Waals surface area contributed by atoms with Crippen molar-refractivity contribution in [2.75, 3.05) is 13.2 Å². The standard InChI is InChI=1S/C15H25NOS/c1-12-5-3-6-14(11-12)17-9-8-16-13(2)15-7-4-10-18-15/h4,7,10,12-14,16H,3,5-6,8-9,11H2,1-2H3. The molecule has 0 bridgehead atoms. The highest BCUT2D eigenvalue weighted by atomic mass is 32.1.